The number of para-hydroxylation sites is 1. The molecule has 0 saturated carbocycles. The van der Waals surface area contributed by atoms with Gasteiger partial charge in [0.2, 0.25) is 0 Å². The fourth-order valence-electron chi connectivity index (χ4n) is 2.79. The highest BCUT2D eigenvalue weighted by molar-refractivity contribution is 5.97. The van der Waals surface area contributed by atoms with Crippen LogP contribution in [0.25, 0.3) is 0 Å². The maximum Gasteiger partial charge on any atom is 0.257 e. The lowest BCUT2D eigenvalue weighted by Crippen LogP contribution is -2.40. The number of aromatic nitrogens is 2. The lowest BCUT2D eigenvalue weighted by atomic mass is 10.0. The van der Waals surface area contributed by atoms with E-state index in [1.54, 1.807) is 24.1 Å². The molecule has 0 bridgehead atoms. The molecule has 1 amide bonds. The van der Waals surface area contributed by atoms with Gasteiger partial charge in [-0.3, -0.25) is 9.59 Å². The van der Waals surface area contributed by atoms with Crippen LogP contribution in [0.1, 0.15) is 28.5 Å². The Morgan fingerprint density at radius 1 is 1.35 bits per heavy atom. The lowest BCUT2D eigenvalue weighted by molar-refractivity contribution is 0.0727. The maximum absolute atomic E-state index is 12.8. The van der Waals surface area contributed by atoms with Crippen molar-refractivity contribution in [1.82, 2.24) is 14.5 Å². The van der Waals surface area contributed by atoms with E-state index in [0.717, 1.165) is 0 Å². The number of rotatable bonds is 3. The quantitative estimate of drug-likeness (QED) is 0.859. The predicted octanol–water partition coefficient (Wildman–Crippen LogP) is 1.38. The van der Waals surface area contributed by atoms with Gasteiger partial charge >= 0.3 is 0 Å². The molecule has 0 atom stereocenters. The maximum atomic E-state index is 12.8. The summed E-state index contributed by atoms with van der Waals surface area (Å²) in [6, 6.07) is 7.23. The molecule has 0 fully saturated rings. The molecule has 6 heteroatoms. The van der Waals surface area contributed by atoms with Crippen LogP contribution < -0.4 is 10.3 Å². The van der Waals surface area contributed by atoms with Gasteiger partial charge in [-0.05, 0) is 25.5 Å². The first-order valence-corrected chi connectivity index (χ1v) is 7.66. The average Bonchev–Trinajstić information content (AvgIpc) is 2.58. The Kier molecular flexibility index (Phi) is 4.14. The van der Waals surface area contributed by atoms with E-state index in [0.29, 0.717) is 48.7 Å². The molecule has 1 aliphatic heterocycles. The van der Waals surface area contributed by atoms with Crippen molar-refractivity contribution in [2.75, 3.05) is 13.2 Å². The SMILES string of the molecule is CCOc1ccccc1C(=O)N1CCc2c(ncn(C)c2=O)C1. The Morgan fingerprint density at radius 3 is 2.91 bits per heavy atom. The first-order valence-electron chi connectivity index (χ1n) is 7.66. The Balaban J connectivity index is 1.88. The summed E-state index contributed by atoms with van der Waals surface area (Å²) in [5, 5.41) is 0. The van der Waals surface area contributed by atoms with E-state index >= 15 is 0 Å². The number of hydrogen-bond donors (Lipinski definition) is 0. The van der Waals surface area contributed by atoms with Gasteiger partial charge in [0.05, 0.1) is 30.7 Å². The van der Waals surface area contributed by atoms with E-state index in [1.165, 1.54) is 10.9 Å². The second-order valence-corrected chi connectivity index (χ2v) is 5.49. The van der Waals surface area contributed by atoms with Crippen LogP contribution in [0.15, 0.2) is 35.4 Å². The minimum atomic E-state index is -0.0952. The van der Waals surface area contributed by atoms with Gasteiger partial charge in [0.15, 0.2) is 0 Å². The molecule has 0 radical (unpaired) electrons. The highest BCUT2D eigenvalue weighted by atomic mass is 16.5. The van der Waals surface area contributed by atoms with Gasteiger partial charge in [-0.15, -0.1) is 0 Å². The number of fused-ring (bicyclic) bond motifs is 1. The van der Waals surface area contributed by atoms with Crippen LogP contribution in [0.3, 0.4) is 0 Å². The molecule has 0 unspecified atom stereocenters. The summed E-state index contributed by atoms with van der Waals surface area (Å²) in [6.45, 7) is 3.25. The summed E-state index contributed by atoms with van der Waals surface area (Å²) >= 11 is 0. The summed E-state index contributed by atoms with van der Waals surface area (Å²) in [4.78, 5) is 30.9. The largest absolute Gasteiger partial charge is 0.493 e. The van der Waals surface area contributed by atoms with Crippen molar-refractivity contribution in [2.24, 2.45) is 7.05 Å². The topological polar surface area (TPSA) is 64.4 Å². The van der Waals surface area contributed by atoms with Crippen LogP contribution >= 0.6 is 0 Å². The number of benzene rings is 1. The van der Waals surface area contributed by atoms with Gasteiger partial charge in [-0.2, -0.15) is 0 Å². The number of nitrogens with zero attached hydrogens (tertiary/aromatic N) is 3. The summed E-state index contributed by atoms with van der Waals surface area (Å²) in [5.41, 5.74) is 1.90. The average molecular weight is 313 g/mol. The number of hydrogen-bond acceptors (Lipinski definition) is 4. The van der Waals surface area contributed by atoms with Crippen LogP contribution in [0.4, 0.5) is 0 Å². The highest BCUT2D eigenvalue weighted by Gasteiger charge is 2.26. The zero-order valence-corrected chi connectivity index (χ0v) is 13.3. The molecule has 1 aliphatic rings. The molecule has 3 rings (SSSR count). The second kappa shape index (κ2) is 6.24. The molecule has 0 saturated heterocycles. The van der Waals surface area contributed by atoms with Gasteiger partial charge in [0, 0.05) is 19.2 Å². The van der Waals surface area contributed by atoms with E-state index in [9.17, 15) is 9.59 Å². The molecule has 23 heavy (non-hydrogen) atoms. The van der Waals surface area contributed by atoms with Crippen LogP contribution in [0, 0.1) is 0 Å². The van der Waals surface area contributed by atoms with Crippen molar-refractivity contribution in [3.05, 3.63) is 57.8 Å². The van der Waals surface area contributed by atoms with Crippen molar-refractivity contribution < 1.29 is 9.53 Å². The molecular formula is C17H19N3O3. The van der Waals surface area contributed by atoms with E-state index in [1.807, 2.05) is 19.1 Å². The summed E-state index contributed by atoms with van der Waals surface area (Å²) in [5.74, 6) is 0.491. The van der Waals surface area contributed by atoms with Gasteiger partial charge in [-0.25, -0.2) is 4.98 Å². The third-order valence-electron chi connectivity index (χ3n) is 3.99. The van der Waals surface area contributed by atoms with E-state index in [-0.39, 0.29) is 11.5 Å². The van der Waals surface area contributed by atoms with E-state index in [2.05, 4.69) is 4.98 Å². The van der Waals surface area contributed by atoms with Gasteiger partial charge in [0.1, 0.15) is 5.75 Å². The molecular weight excluding hydrogens is 294 g/mol. The molecule has 6 nitrogen and oxygen atoms in total. The zero-order valence-electron chi connectivity index (χ0n) is 13.3. The smallest absolute Gasteiger partial charge is 0.257 e. The molecule has 0 aliphatic carbocycles. The first kappa shape index (κ1) is 15.3. The second-order valence-electron chi connectivity index (χ2n) is 5.49. The molecule has 2 heterocycles. The molecule has 1 aromatic carbocycles. The number of ether oxygens (including phenoxy) is 1. The summed E-state index contributed by atoms with van der Waals surface area (Å²) in [7, 11) is 1.69. The Hall–Kier alpha value is -2.63. The fraction of sp³-hybridized carbons (Fsp3) is 0.353. The number of carbonyl (C=O) groups is 1. The van der Waals surface area contributed by atoms with E-state index in [4.69, 9.17) is 4.74 Å². The van der Waals surface area contributed by atoms with Crippen LogP contribution in [0.2, 0.25) is 0 Å². The first-order chi connectivity index (χ1) is 11.1. The minimum absolute atomic E-state index is 0.0307. The monoisotopic (exact) mass is 313 g/mol. The van der Waals surface area contributed by atoms with Crippen LogP contribution in [-0.4, -0.2) is 33.5 Å². The minimum Gasteiger partial charge on any atom is -0.493 e. The van der Waals surface area contributed by atoms with Gasteiger partial charge < -0.3 is 14.2 Å². The van der Waals surface area contributed by atoms with Gasteiger partial charge in [0.25, 0.3) is 11.5 Å². The van der Waals surface area contributed by atoms with Crippen molar-refractivity contribution >= 4 is 5.91 Å². The Morgan fingerprint density at radius 2 is 2.13 bits per heavy atom. The lowest BCUT2D eigenvalue weighted by Gasteiger charge is -2.28. The van der Waals surface area contributed by atoms with Crippen molar-refractivity contribution in [1.29, 1.82) is 0 Å². The number of carbonyl (C=O) groups excluding carboxylic acids is 1. The molecule has 1 aromatic heterocycles. The Labute approximate surface area is 134 Å². The zero-order chi connectivity index (χ0) is 16.4. The number of aryl methyl sites for hydroxylation is 1. The van der Waals surface area contributed by atoms with Crippen molar-refractivity contribution in [2.45, 2.75) is 19.9 Å². The molecule has 2 aromatic rings. The van der Waals surface area contributed by atoms with Gasteiger partial charge in [-0.1, -0.05) is 12.1 Å². The summed E-state index contributed by atoms with van der Waals surface area (Å²) in [6.07, 6.45) is 2.03. The predicted molar refractivity (Wildman–Crippen MR) is 85.5 cm³/mol. The van der Waals surface area contributed by atoms with Crippen LogP contribution in [-0.2, 0) is 20.0 Å². The molecule has 0 spiro atoms. The van der Waals surface area contributed by atoms with Crippen molar-refractivity contribution in [3.8, 4) is 5.75 Å². The molecule has 120 valence electrons. The normalized spacial score (nSPS) is 13.6. The standard InChI is InChI=1S/C17H19N3O3/c1-3-23-15-7-5-4-6-13(15)17(22)20-9-8-12-14(10-20)18-11-19(2)16(12)21/h4-7,11H,3,8-10H2,1-2H3. The third kappa shape index (κ3) is 2.84. The molecule has 0 N–H and O–H groups in total. The van der Waals surface area contributed by atoms with Crippen LogP contribution in [0.5, 0.6) is 5.75 Å². The summed E-state index contributed by atoms with van der Waals surface area (Å²) < 4.78 is 7.01. The Bertz CT molecular complexity index is 798. The third-order valence-corrected chi connectivity index (χ3v) is 3.99. The van der Waals surface area contributed by atoms with Crippen molar-refractivity contribution in [3.63, 3.8) is 0 Å². The number of amides is 1. The highest BCUT2D eigenvalue weighted by Crippen LogP contribution is 2.22. The fourth-order valence-corrected chi connectivity index (χ4v) is 2.79. The van der Waals surface area contributed by atoms with E-state index < -0.39 is 0 Å².